The fourth-order valence-electron chi connectivity index (χ4n) is 2.34. The van der Waals surface area contributed by atoms with Crippen molar-refractivity contribution in [3.8, 4) is 0 Å². The van der Waals surface area contributed by atoms with E-state index in [1.165, 1.54) is 18.5 Å². The van der Waals surface area contributed by atoms with E-state index in [2.05, 4.69) is 38.8 Å². The zero-order valence-corrected chi connectivity index (χ0v) is 14.6. The highest BCUT2D eigenvalue weighted by Gasteiger charge is 2.37. The lowest BCUT2D eigenvalue weighted by atomic mass is 9.98. The van der Waals surface area contributed by atoms with Crippen molar-refractivity contribution in [2.75, 3.05) is 24.6 Å². The molecule has 0 radical (unpaired) electrons. The molecule has 0 aromatic carbocycles. The maximum Gasteiger partial charge on any atom is 0.191 e. The molecule has 1 aliphatic heterocycles. The summed E-state index contributed by atoms with van der Waals surface area (Å²) in [6.45, 7) is 14.8. The quantitative estimate of drug-likeness (QED) is 0.764. The van der Waals surface area contributed by atoms with Crippen molar-refractivity contribution in [2.45, 2.75) is 51.7 Å². The molecule has 4 heteroatoms. The van der Waals surface area contributed by atoms with Gasteiger partial charge in [-0.1, -0.05) is 20.8 Å². The Morgan fingerprint density at radius 1 is 1.30 bits per heavy atom. The fourth-order valence-corrected chi connectivity index (χ4v) is 3.42. The summed E-state index contributed by atoms with van der Waals surface area (Å²) >= 11 is 0. The lowest BCUT2D eigenvalue weighted by Crippen LogP contribution is -2.43. The maximum absolute atomic E-state index is 6.36. The van der Waals surface area contributed by atoms with E-state index in [9.17, 15) is 0 Å². The number of piperidine rings is 1. The summed E-state index contributed by atoms with van der Waals surface area (Å²) in [6.07, 6.45) is 6.04. The minimum absolute atomic E-state index is 0.310. The summed E-state index contributed by atoms with van der Waals surface area (Å²) < 4.78 is 11.5. The average Bonchev–Trinajstić information content (AvgIpc) is 2.89. The lowest BCUT2D eigenvalue weighted by Gasteiger charge is -2.39. The predicted molar refractivity (Wildman–Crippen MR) is 86.8 cm³/mol. The molecule has 114 valence electrons. The Kier molecular flexibility index (Phi) is 4.64. The molecule has 0 spiro atoms. The molecule has 1 fully saturated rings. The van der Waals surface area contributed by atoms with E-state index in [-0.39, 0.29) is 0 Å². The molecule has 0 amide bonds. The van der Waals surface area contributed by atoms with Gasteiger partial charge in [-0.25, -0.2) is 0 Å². The third-order valence-corrected chi connectivity index (χ3v) is 9.47. The van der Waals surface area contributed by atoms with Crippen molar-refractivity contribution in [1.82, 2.24) is 0 Å². The molecule has 2 heterocycles. The van der Waals surface area contributed by atoms with Crippen LogP contribution in [0.15, 0.2) is 23.0 Å². The third kappa shape index (κ3) is 3.67. The second-order valence-electron chi connectivity index (χ2n) is 7.48. The molecular weight excluding hydrogens is 266 g/mol. The molecule has 0 N–H and O–H groups in total. The topological polar surface area (TPSA) is 25.6 Å². The molecule has 0 saturated carbocycles. The van der Waals surface area contributed by atoms with Gasteiger partial charge in [-0.15, -0.1) is 0 Å². The van der Waals surface area contributed by atoms with Gasteiger partial charge in [-0.2, -0.15) is 0 Å². The van der Waals surface area contributed by atoms with Gasteiger partial charge in [0.25, 0.3) is 0 Å². The molecule has 0 atom stereocenters. The molecule has 20 heavy (non-hydrogen) atoms. The first-order valence-corrected chi connectivity index (χ1v) is 10.6. The normalized spacial score (nSPS) is 18.6. The largest absolute Gasteiger partial charge is 0.470 e. The van der Waals surface area contributed by atoms with Crippen LogP contribution in [0.25, 0.3) is 0 Å². The molecular formula is C16H29NO2Si. The highest BCUT2D eigenvalue weighted by molar-refractivity contribution is 6.74. The molecule has 1 aliphatic rings. The van der Waals surface area contributed by atoms with Gasteiger partial charge in [-0.05, 0) is 43.0 Å². The molecule has 0 aliphatic carbocycles. The van der Waals surface area contributed by atoms with Crippen LogP contribution in [-0.4, -0.2) is 28.0 Å². The van der Waals surface area contributed by atoms with E-state index >= 15 is 0 Å². The van der Waals surface area contributed by atoms with E-state index in [0.29, 0.717) is 11.0 Å². The van der Waals surface area contributed by atoms with Crippen LogP contribution >= 0.6 is 0 Å². The Bertz CT molecular complexity index is 401. The number of furan rings is 1. The van der Waals surface area contributed by atoms with Crippen molar-refractivity contribution in [3.63, 3.8) is 0 Å². The maximum atomic E-state index is 6.36. The zero-order chi connectivity index (χ0) is 14.8. The summed E-state index contributed by atoms with van der Waals surface area (Å²) in [6, 6.07) is 2.05. The number of anilines is 1. The van der Waals surface area contributed by atoms with E-state index in [0.717, 1.165) is 19.7 Å². The standard InChI is InChI=1S/C16H29NO2Si/c1-16(2,3)20(4,5)19-12-14-6-9-17(10-7-14)15-8-11-18-13-15/h8,11,13-14H,6-7,9-10,12H2,1-5H3. The minimum atomic E-state index is -1.59. The van der Waals surface area contributed by atoms with Crippen LogP contribution in [0.3, 0.4) is 0 Å². The van der Waals surface area contributed by atoms with Crippen molar-refractivity contribution >= 4 is 14.0 Å². The predicted octanol–water partition coefficient (Wildman–Crippen LogP) is 4.52. The van der Waals surface area contributed by atoms with E-state index in [1.807, 2.05) is 12.3 Å². The zero-order valence-electron chi connectivity index (χ0n) is 13.6. The summed E-state index contributed by atoms with van der Waals surface area (Å²) in [7, 11) is -1.59. The third-order valence-electron chi connectivity index (χ3n) is 4.97. The number of nitrogens with zero attached hydrogens (tertiary/aromatic N) is 1. The van der Waals surface area contributed by atoms with Crippen LogP contribution in [0.2, 0.25) is 18.1 Å². The fraction of sp³-hybridized carbons (Fsp3) is 0.750. The highest BCUT2D eigenvalue weighted by atomic mass is 28.4. The Labute approximate surface area is 124 Å². The van der Waals surface area contributed by atoms with Gasteiger partial charge < -0.3 is 13.7 Å². The van der Waals surface area contributed by atoms with Crippen LogP contribution in [0.4, 0.5) is 5.69 Å². The van der Waals surface area contributed by atoms with E-state index in [1.54, 1.807) is 6.26 Å². The van der Waals surface area contributed by atoms with Crippen LogP contribution in [-0.2, 0) is 4.43 Å². The molecule has 3 nitrogen and oxygen atoms in total. The Hall–Kier alpha value is -0.743. The Morgan fingerprint density at radius 2 is 1.95 bits per heavy atom. The summed E-state index contributed by atoms with van der Waals surface area (Å²) in [5, 5.41) is 0.310. The van der Waals surface area contributed by atoms with E-state index in [4.69, 9.17) is 8.84 Å². The molecule has 1 saturated heterocycles. The molecule has 2 rings (SSSR count). The first-order valence-electron chi connectivity index (χ1n) is 7.71. The monoisotopic (exact) mass is 295 g/mol. The van der Waals surface area contributed by atoms with Gasteiger partial charge in [0.1, 0.15) is 6.26 Å². The Balaban J connectivity index is 1.78. The Morgan fingerprint density at radius 3 is 2.45 bits per heavy atom. The smallest absolute Gasteiger partial charge is 0.191 e. The summed E-state index contributed by atoms with van der Waals surface area (Å²) in [5.74, 6) is 0.715. The average molecular weight is 295 g/mol. The first-order chi connectivity index (χ1) is 9.29. The molecule has 1 aromatic rings. The van der Waals surface area contributed by atoms with Crippen molar-refractivity contribution in [2.24, 2.45) is 5.92 Å². The van der Waals surface area contributed by atoms with Gasteiger partial charge in [0, 0.05) is 19.7 Å². The number of rotatable bonds is 4. The van der Waals surface area contributed by atoms with Crippen LogP contribution < -0.4 is 4.90 Å². The number of hydrogen-bond donors (Lipinski definition) is 0. The van der Waals surface area contributed by atoms with Crippen molar-refractivity contribution < 1.29 is 8.84 Å². The second kappa shape index (κ2) is 5.94. The summed E-state index contributed by atoms with van der Waals surface area (Å²) in [4.78, 5) is 2.41. The lowest BCUT2D eigenvalue weighted by molar-refractivity contribution is 0.205. The van der Waals surface area contributed by atoms with Crippen LogP contribution in [0.1, 0.15) is 33.6 Å². The van der Waals surface area contributed by atoms with Crippen LogP contribution in [0.5, 0.6) is 0 Å². The van der Waals surface area contributed by atoms with E-state index < -0.39 is 8.32 Å². The second-order valence-corrected chi connectivity index (χ2v) is 12.3. The first kappa shape index (κ1) is 15.6. The van der Waals surface area contributed by atoms with Gasteiger partial charge in [0.15, 0.2) is 8.32 Å². The number of hydrogen-bond acceptors (Lipinski definition) is 3. The minimum Gasteiger partial charge on any atom is -0.470 e. The highest BCUT2D eigenvalue weighted by Crippen LogP contribution is 2.37. The van der Waals surface area contributed by atoms with Crippen LogP contribution in [0, 0.1) is 5.92 Å². The molecule has 1 aromatic heterocycles. The SMILES string of the molecule is CC(C)(C)[Si](C)(C)OCC1CCN(c2ccoc2)CC1. The van der Waals surface area contributed by atoms with Gasteiger partial charge in [0.2, 0.25) is 0 Å². The van der Waals surface area contributed by atoms with Gasteiger partial charge >= 0.3 is 0 Å². The molecule has 0 unspecified atom stereocenters. The van der Waals surface area contributed by atoms with Gasteiger partial charge in [0.05, 0.1) is 12.0 Å². The molecule has 0 bridgehead atoms. The van der Waals surface area contributed by atoms with Crippen molar-refractivity contribution in [1.29, 1.82) is 0 Å². The van der Waals surface area contributed by atoms with Gasteiger partial charge in [-0.3, -0.25) is 0 Å². The summed E-state index contributed by atoms with van der Waals surface area (Å²) in [5.41, 5.74) is 1.22. The van der Waals surface area contributed by atoms with Crippen molar-refractivity contribution in [3.05, 3.63) is 18.6 Å².